The Bertz CT molecular complexity index is 649. The number of benzene rings is 1. The van der Waals surface area contributed by atoms with Gasteiger partial charge in [-0.2, -0.15) is 0 Å². The van der Waals surface area contributed by atoms with E-state index in [9.17, 15) is 4.79 Å². The van der Waals surface area contributed by atoms with Crippen molar-refractivity contribution in [1.29, 1.82) is 0 Å². The van der Waals surface area contributed by atoms with Gasteiger partial charge in [-0.25, -0.2) is 4.79 Å². The molecule has 23 heavy (non-hydrogen) atoms. The molecule has 1 aromatic rings. The first-order valence-corrected chi connectivity index (χ1v) is 8.55. The van der Waals surface area contributed by atoms with Crippen molar-refractivity contribution in [1.82, 2.24) is 4.90 Å². The highest BCUT2D eigenvalue weighted by molar-refractivity contribution is 6.31. The highest BCUT2D eigenvalue weighted by atomic mass is 35.5. The molecule has 0 aliphatic carbocycles. The van der Waals surface area contributed by atoms with Gasteiger partial charge in [0.05, 0.1) is 6.04 Å². The molecule has 0 bridgehead atoms. The average Bonchev–Trinajstić information content (AvgIpc) is 2.93. The summed E-state index contributed by atoms with van der Waals surface area (Å²) in [5.41, 5.74) is 3.02. The van der Waals surface area contributed by atoms with Gasteiger partial charge in [0.25, 0.3) is 0 Å². The van der Waals surface area contributed by atoms with E-state index >= 15 is 0 Å². The molecule has 2 aliphatic rings. The lowest BCUT2D eigenvalue weighted by molar-refractivity contribution is 0.0224. The lowest BCUT2D eigenvalue weighted by Crippen LogP contribution is -2.36. The van der Waals surface area contributed by atoms with E-state index in [0.717, 1.165) is 43.5 Å². The van der Waals surface area contributed by atoms with Gasteiger partial charge in [0.2, 0.25) is 0 Å². The summed E-state index contributed by atoms with van der Waals surface area (Å²) in [6.07, 6.45) is 4.48. The number of nitrogens with zero attached hydrogens (tertiary/aromatic N) is 2. The second kappa shape index (κ2) is 6.16. The normalized spacial score (nSPS) is 20.5. The minimum absolute atomic E-state index is 0.0452. The van der Waals surface area contributed by atoms with Crippen LogP contribution in [0.15, 0.2) is 17.1 Å². The number of carbonyl (C=O) groups excluding carboxylic acids is 1. The summed E-state index contributed by atoms with van der Waals surface area (Å²) in [7, 11) is 0. The highest BCUT2D eigenvalue weighted by Gasteiger charge is 2.35. The Kier molecular flexibility index (Phi) is 4.37. The zero-order chi connectivity index (χ0) is 16.6. The van der Waals surface area contributed by atoms with Crippen LogP contribution >= 0.6 is 11.6 Å². The largest absolute Gasteiger partial charge is 0.444 e. The summed E-state index contributed by atoms with van der Waals surface area (Å²) in [5.74, 6) is 0. The van der Waals surface area contributed by atoms with Crippen molar-refractivity contribution < 1.29 is 9.53 Å². The number of rotatable bonds is 1. The first-order chi connectivity index (χ1) is 10.8. The van der Waals surface area contributed by atoms with E-state index in [1.807, 2.05) is 44.0 Å². The number of ether oxygens (including phenoxy) is 1. The Morgan fingerprint density at radius 1 is 1.39 bits per heavy atom. The fourth-order valence-electron chi connectivity index (χ4n) is 3.35. The van der Waals surface area contributed by atoms with Crippen molar-refractivity contribution in [3.8, 4) is 0 Å². The summed E-state index contributed by atoms with van der Waals surface area (Å²) < 4.78 is 5.58. The predicted octanol–water partition coefficient (Wildman–Crippen LogP) is 4.39. The third-order valence-corrected chi connectivity index (χ3v) is 4.46. The van der Waals surface area contributed by atoms with Crippen LogP contribution in [0.5, 0.6) is 0 Å². The molecule has 0 saturated carbocycles. The number of fused-ring (bicyclic) bond motifs is 1. The molecule has 0 N–H and O–H groups in total. The molecule has 0 spiro atoms. The minimum atomic E-state index is -0.482. The summed E-state index contributed by atoms with van der Waals surface area (Å²) >= 11 is 6.30. The second-order valence-electron chi connectivity index (χ2n) is 7.18. The molecule has 1 amide bonds. The van der Waals surface area contributed by atoms with Gasteiger partial charge in [-0.15, -0.1) is 0 Å². The molecule has 2 heterocycles. The zero-order valence-corrected chi connectivity index (χ0v) is 14.7. The van der Waals surface area contributed by atoms with Gasteiger partial charge in [-0.1, -0.05) is 11.6 Å². The van der Waals surface area contributed by atoms with Crippen molar-refractivity contribution in [2.45, 2.75) is 51.7 Å². The average molecular weight is 335 g/mol. The molecule has 3 rings (SSSR count). The molecular weight excluding hydrogens is 312 g/mol. The SMILES string of the molecule is CC(C)(C)OC(=O)N1CCCC1c1cc(Cl)cc2c1CCN=C2. The van der Waals surface area contributed by atoms with E-state index < -0.39 is 5.60 Å². The molecule has 2 aliphatic heterocycles. The van der Waals surface area contributed by atoms with Gasteiger partial charge in [0.15, 0.2) is 0 Å². The first kappa shape index (κ1) is 16.3. The molecule has 0 radical (unpaired) electrons. The van der Waals surface area contributed by atoms with Crippen molar-refractivity contribution in [2.24, 2.45) is 4.99 Å². The summed E-state index contributed by atoms with van der Waals surface area (Å²) in [6, 6.07) is 4.01. The smallest absolute Gasteiger partial charge is 0.410 e. The third kappa shape index (κ3) is 3.52. The maximum atomic E-state index is 12.5. The van der Waals surface area contributed by atoms with Crippen LogP contribution in [-0.2, 0) is 11.2 Å². The Morgan fingerprint density at radius 3 is 2.91 bits per heavy atom. The summed E-state index contributed by atoms with van der Waals surface area (Å²) in [5, 5.41) is 0.697. The molecule has 1 saturated heterocycles. The monoisotopic (exact) mass is 334 g/mol. The minimum Gasteiger partial charge on any atom is -0.444 e. The van der Waals surface area contributed by atoms with Gasteiger partial charge in [-0.05, 0) is 68.9 Å². The Labute approximate surface area is 142 Å². The fourth-order valence-corrected chi connectivity index (χ4v) is 3.58. The summed E-state index contributed by atoms with van der Waals surface area (Å²) in [4.78, 5) is 18.7. The van der Waals surface area contributed by atoms with Crippen LogP contribution in [0.1, 0.15) is 56.3 Å². The third-order valence-electron chi connectivity index (χ3n) is 4.24. The van der Waals surface area contributed by atoms with Gasteiger partial charge in [-0.3, -0.25) is 4.99 Å². The number of amides is 1. The van der Waals surface area contributed by atoms with Crippen LogP contribution in [0.25, 0.3) is 0 Å². The molecule has 1 atom stereocenters. The molecule has 124 valence electrons. The maximum Gasteiger partial charge on any atom is 0.410 e. The predicted molar refractivity (Wildman–Crippen MR) is 92.5 cm³/mol. The standard InChI is InChI=1S/C18H23ClN2O2/c1-18(2,3)23-17(22)21-8-4-5-16(21)15-10-13(19)9-12-11-20-7-6-14(12)15/h9-11,16H,4-8H2,1-3H3. The zero-order valence-electron chi connectivity index (χ0n) is 13.9. The van der Waals surface area contributed by atoms with Gasteiger partial charge >= 0.3 is 6.09 Å². The first-order valence-electron chi connectivity index (χ1n) is 8.17. The fraction of sp³-hybridized carbons (Fsp3) is 0.556. The number of hydrogen-bond acceptors (Lipinski definition) is 3. The lowest BCUT2D eigenvalue weighted by atomic mass is 9.91. The molecule has 5 heteroatoms. The number of carbonyl (C=O) groups is 1. The van der Waals surface area contributed by atoms with E-state index in [4.69, 9.17) is 16.3 Å². The molecule has 1 fully saturated rings. The van der Waals surface area contributed by atoms with Crippen LogP contribution < -0.4 is 0 Å². The van der Waals surface area contributed by atoms with Crippen molar-refractivity contribution in [3.63, 3.8) is 0 Å². The molecular formula is C18H23ClN2O2. The van der Waals surface area contributed by atoms with E-state index in [-0.39, 0.29) is 12.1 Å². The van der Waals surface area contributed by atoms with Crippen LogP contribution in [-0.4, -0.2) is 35.9 Å². The van der Waals surface area contributed by atoms with Crippen LogP contribution in [0.4, 0.5) is 4.79 Å². The number of aliphatic imine (C=N–C) groups is 1. The topological polar surface area (TPSA) is 41.9 Å². The number of likely N-dealkylation sites (tertiary alicyclic amines) is 1. The van der Waals surface area contributed by atoms with Crippen molar-refractivity contribution in [3.05, 3.63) is 33.8 Å². The van der Waals surface area contributed by atoms with E-state index in [1.165, 1.54) is 5.56 Å². The van der Waals surface area contributed by atoms with E-state index in [2.05, 4.69) is 4.99 Å². The van der Waals surface area contributed by atoms with Gasteiger partial charge < -0.3 is 9.64 Å². The van der Waals surface area contributed by atoms with Crippen LogP contribution in [0, 0.1) is 0 Å². The Morgan fingerprint density at radius 2 is 2.17 bits per heavy atom. The Hall–Kier alpha value is -1.55. The van der Waals surface area contributed by atoms with Crippen LogP contribution in [0.3, 0.4) is 0 Å². The van der Waals surface area contributed by atoms with E-state index in [1.54, 1.807) is 0 Å². The molecule has 1 unspecified atom stereocenters. The van der Waals surface area contributed by atoms with Crippen molar-refractivity contribution >= 4 is 23.9 Å². The highest BCUT2D eigenvalue weighted by Crippen LogP contribution is 2.38. The van der Waals surface area contributed by atoms with Crippen molar-refractivity contribution in [2.75, 3.05) is 13.1 Å². The number of hydrogen-bond donors (Lipinski definition) is 0. The second-order valence-corrected chi connectivity index (χ2v) is 7.62. The quantitative estimate of drug-likeness (QED) is 0.764. The Balaban J connectivity index is 1.93. The lowest BCUT2D eigenvalue weighted by Gasteiger charge is -2.30. The maximum absolute atomic E-state index is 12.5. The summed E-state index contributed by atoms with van der Waals surface area (Å²) in [6.45, 7) is 7.21. The van der Waals surface area contributed by atoms with Gasteiger partial charge in [0.1, 0.15) is 5.60 Å². The number of halogens is 1. The molecule has 0 aromatic heterocycles. The van der Waals surface area contributed by atoms with E-state index in [0.29, 0.717) is 5.02 Å². The molecule has 4 nitrogen and oxygen atoms in total. The molecule has 1 aromatic carbocycles. The van der Waals surface area contributed by atoms with Gasteiger partial charge in [0, 0.05) is 24.3 Å². The van der Waals surface area contributed by atoms with Crippen LogP contribution in [0.2, 0.25) is 5.02 Å².